The molecule has 0 N–H and O–H groups in total. The fourth-order valence-corrected chi connectivity index (χ4v) is 2.01. The Morgan fingerprint density at radius 3 is 2.88 bits per heavy atom. The second-order valence-corrected chi connectivity index (χ2v) is 4.90. The van der Waals surface area contributed by atoms with E-state index >= 15 is 0 Å². The lowest BCUT2D eigenvalue weighted by Gasteiger charge is -2.36. The second kappa shape index (κ2) is 5.07. The molecule has 0 bridgehead atoms. The number of azide groups is 1. The minimum atomic E-state index is -0.776. The SMILES string of the molecule is CC(C)C(C)(C#N)N1CC(CN=[N+]=[N-])CC1=O. The van der Waals surface area contributed by atoms with Crippen molar-refractivity contribution in [2.75, 3.05) is 13.1 Å². The molecule has 0 aliphatic carbocycles. The second-order valence-electron chi connectivity index (χ2n) is 4.90. The summed E-state index contributed by atoms with van der Waals surface area (Å²) in [7, 11) is 0. The summed E-state index contributed by atoms with van der Waals surface area (Å²) in [6.07, 6.45) is 0.364. The van der Waals surface area contributed by atoms with Gasteiger partial charge in [0.05, 0.1) is 6.07 Å². The molecule has 0 aromatic carbocycles. The highest BCUT2D eigenvalue weighted by atomic mass is 16.2. The third-order valence-electron chi connectivity index (χ3n) is 3.52. The molecule has 1 fully saturated rings. The first-order chi connectivity index (χ1) is 7.95. The molecule has 92 valence electrons. The first-order valence-electron chi connectivity index (χ1n) is 5.68. The van der Waals surface area contributed by atoms with E-state index in [2.05, 4.69) is 16.1 Å². The van der Waals surface area contributed by atoms with Gasteiger partial charge < -0.3 is 4.90 Å². The Labute approximate surface area is 101 Å². The Balaban J connectivity index is 2.83. The van der Waals surface area contributed by atoms with Crippen LogP contribution in [0.15, 0.2) is 5.11 Å². The molecule has 6 heteroatoms. The topological polar surface area (TPSA) is 92.9 Å². The van der Waals surface area contributed by atoms with E-state index in [1.165, 1.54) is 0 Å². The summed E-state index contributed by atoms with van der Waals surface area (Å²) >= 11 is 0. The number of rotatable bonds is 4. The van der Waals surface area contributed by atoms with E-state index in [1.807, 2.05) is 13.8 Å². The van der Waals surface area contributed by atoms with Gasteiger partial charge in [-0.1, -0.05) is 19.0 Å². The highest BCUT2D eigenvalue weighted by Crippen LogP contribution is 2.31. The van der Waals surface area contributed by atoms with Crippen molar-refractivity contribution in [3.05, 3.63) is 10.4 Å². The molecule has 0 aromatic heterocycles. The van der Waals surface area contributed by atoms with Crippen LogP contribution in [0.4, 0.5) is 0 Å². The molecular weight excluding hydrogens is 218 g/mol. The van der Waals surface area contributed by atoms with Crippen molar-refractivity contribution in [1.82, 2.24) is 4.90 Å². The van der Waals surface area contributed by atoms with Crippen molar-refractivity contribution in [2.45, 2.75) is 32.7 Å². The number of nitrogens with zero attached hydrogens (tertiary/aromatic N) is 5. The molecule has 1 amide bonds. The van der Waals surface area contributed by atoms with Crippen LogP contribution in [0.25, 0.3) is 10.4 Å². The predicted octanol–water partition coefficient (Wildman–Crippen LogP) is 2.08. The zero-order valence-electron chi connectivity index (χ0n) is 10.4. The number of hydrogen-bond acceptors (Lipinski definition) is 3. The van der Waals surface area contributed by atoms with E-state index < -0.39 is 5.54 Å². The largest absolute Gasteiger partial charge is 0.324 e. The van der Waals surface area contributed by atoms with Crippen molar-refractivity contribution in [1.29, 1.82) is 5.26 Å². The van der Waals surface area contributed by atoms with Gasteiger partial charge in [-0.25, -0.2) is 0 Å². The van der Waals surface area contributed by atoms with Crippen LogP contribution in [-0.2, 0) is 4.79 Å². The van der Waals surface area contributed by atoms with Gasteiger partial charge in [0.15, 0.2) is 0 Å². The van der Waals surface area contributed by atoms with Crippen LogP contribution in [0.2, 0.25) is 0 Å². The van der Waals surface area contributed by atoms with E-state index in [-0.39, 0.29) is 17.7 Å². The molecule has 1 heterocycles. The number of carbonyl (C=O) groups is 1. The van der Waals surface area contributed by atoms with Crippen molar-refractivity contribution in [3.63, 3.8) is 0 Å². The molecule has 0 radical (unpaired) electrons. The Hall–Kier alpha value is -1.73. The van der Waals surface area contributed by atoms with Gasteiger partial charge in [0.1, 0.15) is 5.54 Å². The summed E-state index contributed by atoms with van der Waals surface area (Å²) in [6.45, 7) is 6.46. The number of amides is 1. The number of carbonyl (C=O) groups excluding carboxylic acids is 1. The minimum Gasteiger partial charge on any atom is -0.324 e. The molecule has 17 heavy (non-hydrogen) atoms. The maximum absolute atomic E-state index is 11.9. The van der Waals surface area contributed by atoms with E-state index in [0.29, 0.717) is 19.5 Å². The number of hydrogen-bond donors (Lipinski definition) is 0. The first kappa shape index (κ1) is 13.3. The molecule has 0 spiro atoms. The summed E-state index contributed by atoms with van der Waals surface area (Å²) in [6, 6.07) is 2.23. The molecule has 1 rings (SSSR count). The van der Waals surface area contributed by atoms with Crippen LogP contribution >= 0.6 is 0 Å². The highest BCUT2D eigenvalue weighted by molar-refractivity contribution is 5.80. The van der Waals surface area contributed by atoms with Crippen molar-refractivity contribution < 1.29 is 4.79 Å². The van der Waals surface area contributed by atoms with E-state index in [9.17, 15) is 10.1 Å². The average molecular weight is 235 g/mol. The van der Waals surface area contributed by atoms with Gasteiger partial charge in [-0.3, -0.25) is 4.79 Å². The van der Waals surface area contributed by atoms with Crippen LogP contribution in [0.1, 0.15) is 27.2 Å². The Bertz CT molecular complexity index is 393. The summed E-state index contributed by atoms with van der Waals surface area (Å²) in [5.74, 6) is 0.0698. The normalized spacial score (nSPS) is 23.1. The molecule has 0 saturated carbocycles. The Morgan fingerprint density at radius 1 is 1.76 bits per heavy atom. The van der Waals surface area contributed by atoms with Gasteiger partial charge in [-0.2, -0.15) is 5.26 Å². The van der Waals surface area contributed by atoms with Crippen LogP contribution < -0.4 is 0 Å². The van der Waals surface area contributed by atoms with Gasteiger partial charge in [-0.15, -0.1) is 0 Å². The predicted molar refractivity (Wildman–Crippen MR) is 62.7 cm³/mol. The third-order valence-corrected chi connectivity index (χ3v) is 3.52. The lowest BCUT2D eigenvalue weighted by molar-refractivity contribution is -0.132. The first-order valence-corrected chi connectivity index (χ1v) is 5.68. The monoisotopic (exact) mass is 235 g/mol. The molecule has 6 nitrogen and oxygen atoms in total. The van der Waals surface area contributed by atoms with Gasteiger partial charge in [0, 0.05) is 24.4 Å². The summed E-state index contributed by atoms with van der Waals surface area (Å²) < 4.78 is 0. The number of nitriles is 1. The van der Waals surface area contributed by atoms with E-state index in [1.54, 1.807) is 11.8 Å². The van der Waals surface area contributed by atoms with Gasteiger partial charge in [0.25, 0.3) is 0 Å². The zero-order chi connectivity index (χ0) is 13.1. The van der Waals surface area contributed by atoms with Gasteiger partial charge in [0.2, 0.25) is 5.91 Å². The van der Waals surface area contributed by atoms with E-state index in [0.717, 1.165) is 0 Å². The van der Waals surface area contributed by atoms with Crippen LogP contribution in [0.3, 0.4) is 0 Å². The molecular formula is C11H17N5O. The van der Waals surface area contributed by atoms with Crippen molar-refractivity contribution >= 4 is 5.91 Å². The summed E-state index contributed by atoms with van der Waals surface area (Å²) in [5.41, 5.74) is 7.48. The lowest BCUT2D eigenvalue weighted by Crippen LogP contribution is -2.50. The Kier molecular flexibility index (Phi) is 3.97. The van der Waals surface area contributed by atoms with Gasteiger partial charge >= 0.3 is 0 Å². The van der Waals surface area contributed by atoms with Crippen molar-refractivity contribution in [3.8, 4) is 6.07 Å². The zero-order valence-corrected chi connectivity index (χ0v) is 10.4. The molecule has 2 atom stereocenters. The van der Waals surface area contributed by atoms with Crippen molar-refractivity contribution in [2.24, 2.45) is 17.0 Å². The summed E-state index contributed by atoms with van der Waals surface area (Å²) in [5, 5.41) is 12.8. The Morgan fingerprint density at radius 2 is 2.41 bits per heavy atom. The maximum atomic E-state index is 11.9. The standard InChI is InChI=1S/C11H17N5O/c1-8(2)11(3,7-12)16-6-9(4-10(16)17)5-14-15-13/h8-9H,4-6H2,1-3H3. The molecule has 1 aliphatic rings. The third kappa shape index (κ3) is 2.51. The van der Waals surface area contributed by atoms with Crippen LogP contribution in [-0.4, -0.2) is 29.4 Å². The fourth-order valence-electron chi connectivity index (χ4n) is 2.01. The lowest BCUT2D eigenvalue weighted by atomic mass is 9.88. The minimum absolute atomic E-state index is 0.0270. The fraction of sp³-hybridized carbons (Fsp3) is 0.818. The molecule has 1 saturated heterocycles. The number of likely N-dealkylation sites (tertiary alicyclic amines) is 1. The smallest absolute Gasteiger partial charge is 0.224 e. The quantitative estimate of drug-likeness (QED) is 0.424. The molecule has 1 aliphatic heterocycles. The molecule has 2 unspecified atom stereocenters. The maximum Gasteiger partial charge on any atom is 0.224 e. The molecule has 0 aromatic rings. The van der Waals surface area contributed by atoms with Crippen LogP contribution in [0, 0.1) is 23.2 Å². The highest BCUT2D eigenvalue weighted by Gasteiger charge is 2.43. The van der Waals surface area contributed by atoms with Crippen LogP contribution in [0.5, 0.6) is 0 Å². The summed E-state index contributed by atoms with van der Waals surface area (Å²) in [4.78, 5) is 16.2. The van der Waals surface area contributed by atoms with Gasteiger partial charge in [-0.05, 0) is 24.3 Å². The average Bonchev–Trinajstić information content (AvgIpc) is 2.67. The van der Waals surface area contributed by atoms with E-state index in [4.69, 9.17) is 5.53 Å².